The van der Waals surface area contributed by atoms with Crippen LogP contribution in [0.3, 0.4) is 0 Å². The summed E-state index contributed by atoms with van der Waals surface area (Å²) in [5.74, 6) is 0.437. The van der Waals surface area contributed by atoms with E-state index in [4.69, 9.17) is 11.6 Å². The quantitative estimate of drug-likeness (QED) is 0.612. The minimum atomic E-state index is 0.201. The molecule has 0 N–H and O–H groups in total. The summed E-state index contributed by atoms with van der Waals surface area (Å²) in [6.07, 6.45) is 0. The number of alkyl halides is 1. The summed E-state index contributed by atoms with van der Waals surface area (Å²) in [6, 6.07) is 8.52. The zero-order chi connectivity index (χ0) is 9.14. The fourth-order valence-corrected chi connectivity index (χ4v) is 1.36. The van der Waals surface area contributed by atoms with Crippen molar-refractivity contribution in [1.82, 2.24) is 0 Å². The first-order valence-corrected chi connectivity index (χ1v) is 4.75. The Bertz CT molecular complexity index is 253. The third-order valence-electron chi connectivity index (χ3n) is 2.26. The van der Waals surface area contributed by atoms with Gasteiger partial charge in [-0.05, 0) is 25.3 Å². The zero-order valence-electron chi connectivity index (χ0n) is 7.84. The Kier molecular flexibility index (Phi) is 3.16. The normalized spacial score (nSPS) is 15.7. The van der Waals surface area contributed by atoms with E-state index in [-0.39, 0.29) is 5.38 Å². The molecule has 0 heterocycles. The third-order valence-corrected chi connectivity index (χ3v) is 2.63. The Balaban J connectivity index is 2.88. The Morgan fingerprint density at radius 2 is 1.92 bits per heavy atom. The van der Waals surface area contributed by atoms with Crippen LogP contribution in [-0.2, 0) is 0 Å². The summed E-state index contributed by atoms with van der Waals surface area (Å²) >= 11 is 6.02. The maximum Gasteiger partial charge on any atom is 0.0373 e. The number of halogens is 1. The van der Waals surface area contributed by atoms with Crippen LogP contribution in [0.5, 0.6) is 0 Å². The highest BCUT2D eigenvalue weighted by atomic mass is 35.5. The predicted octanol–water partition coefficient (Wildman–Crippen LogP) is 3.73. The largest absolute Gasteiger partial charge is 0.123 e. The second-order valence-electron chi connectivity index (χ2n) is 3.38. The van der Waals surface area contributed by atoms with E-state index in [1.165, 1.54) is 11.1 Å². The summed E-state index contributed by atoms with van der Waals surface area (Å²) in [4.78, 5) is 0. The van der Waals surface area contributed by atoms with E-state index in [1.807, 2.05) is 6.92 Å². The summed E-state index contributed by atoms with van der Waals surface area (Å²) < 4.78 is 0. The van der Waals surface area contributed by atoms with Crippen molar-refractivity contribution >= 4 is 11.6 Å². The van der Waals surface area contributed by atoms with Gasteiger partial charge in [-0.1, -0.05) is 36.8 Å². The van der Waals surface area contributed by atoms with Gasteiger partial charge in [-0.2, -0.15) is 0 Å². The highest BCUT2D eigenvalue weighted by molar-refractivity contribution is 6.20. The number of aryl methyl sites for hydroxylation is 1. The fraction of sp³-hybridized carbons (Fsp3) is 0.455. The van der Waals surface area contributed by atoms with E-state index < -0.39 is 0 Å². The lowest BCUT2D eigenvalue weighted by molar-refractivity contribution is 0.742. The second-order valence-corrected chi connectivity index (χ2v) is 4.07. The number of hydrogen-bond donors (Lipinski definition) is 0. The van der Waals surface area contributed by atoms with Crippen molar-refractivity contribution in [2.45, 2.75) is 32.1 Å². The molecule has 0 radical (unpaired) electrons. The van der Waals surface area contributed by atoms with Gasteiger partial charge >= 0.3 is 0 Å². The van der Waals surface area contributed by atoms with Gasteiger partial charge in [0, 0.05) is 5.38 Å². The van der Waals surface area contributed by atoms with Crippen LogP contribution in [-0.4, -0.2) is 5.38 Å². The Hall–Kier alpha value is -0.490. The SMILES string of the molecule is Cc1cccc(C(C)C(C)Cl)c1. The van der Waals surface area contributed by atoms with Crippen LogP contribution in [0.15, 0.2) is 24.3 Å². The molecule has 0 aromatic heterocycles. The van der Waals surface area contributed by atoms with E-state index in [2.05, 4.69) is 38.1 Å². The summed E-state index contributed by atoms with van der Waals surface area (Å²) in [5.41, 5.74) is 2.63. The highest BCUT2D eigenvalue weighted by Gasteiger charge is 2.10. The second kappa shape index (κ2) is 3.95. The van der Waals surface area contributed by atoms with Crippen LogP contribution in [0, 0.1) is 6.92 Å². The van der Waals surface area contributed by atoms with E-state index in [0.29, 0.717) is 5.92 Å². The van der Waals surface area contributed by atoms with Gasteiger partial charge in [-0.25, -0.2) is 0 Å². The van der Waals surface area contributed by atoms with Crippen molar-refractivity contribution in [3.63, 3.8) is 0 Å². The first kappa shape index (κ1) is 9.60. The molecule has 1 aromatic rings. The van der Waals surface area contributed by atoms with E-state index in [1.54, 1.807) is 0 Å². The topological polar surface area (TPSA) is 0 Å². The standard InChI is InChI=1S/C11H15Cl/c1-8-5-4-6-11(7-8)9(2)10(3)12/h4-7,9-10H,1-3H3. The Morgan fingerprint density at radius 3 is 2.42 bits per heavy atom. The molecule has 0 amide bonds. The lowest BCUT2D eigenvalue weighted by Gasteiger charge is -2.14. The number of rotatable bonds is 2. The van der Waals surface area contributed by atoms with Crippen LogP contribution in [0.25, 0.3) is 0 Å². The predicted molar refractivity (Wildman–Crippen MR) is 54.9 cm³/mol. The smallest absolute Gasteiger partial charge is 0.0373 e. The van der Waals surface area contributed by atoms with Gasteiger partial charge in [0.15, 0.2) is 0 Å². The Morgan fingerprint density at radius 1 is 1.25 bits per heavy atom. The molecule has 12 heavy (non-hydrogen) atoms. The molecule has 0 aliphatic carbocycles. The van der Waals surface area contributed by atoms with Crippen LogP contribution in [0.1, 0.15) is 30.9 Å². The van der Waals surface area contributed by atoms with Gasteiger partial charge < -0.3 is 0 Å². The summed E-state index contributed by atoms with van der Waals surface area (Å²) in [7, 11) is 0. The first-order valence-electron chi connectivity index (χ1n) is 4.32. The van der Waals surface area contributed by atoms with Crippen molar-refractivity contribution < 1.29 is 0 Å². The highest BCUT2D eigenvalue weighted by Crippen LogP contribution is 2.23. The zero-order valence-corrected chi connectivity index (χ0v) is 8.60. The molecule has 66 valence electrons. The van der Waals surface area contributed by atoms with E-state index in [0.717, 1.165) is 0 Å². The van der Waals surface area contributed by atoms with Gasteiger partial charge in [-0.15, -0.1) is 11.6 Å². The molecule has 1 aromatic carbocycles. The molecule has 0 spiro atoms. The molecule has 0 bridgehead atoms. The summed E-state index contributed by atoms with van der Waals surface area (Å²) in [6.45, 7) is 6.30. The van der Waals surface area contributed by atoms with Gasteiger partial charge in [0.25, 0.3) is 0 Å². The molecule has 1 rings (SSSR count). The summed E-state index contributed by atoms with van der Waals surface area (Å²) in [5, 5.41) is 0.201. The Labute approximate surface area is 79.6 Å². The monoisotopic (exact) mass is 182 g/mol. The number of benzene rings is 1. The molecule has 0 saturated carbocycles. The van der Waals surface area contributed by atoms with Crippen molar-refractivity contribution in [2.24, 2.45) is 0 Å². The molecule has 0 nitrogen and oxygen atoms in total. The van der Waals surface area contributed by atoms with Gasteiger partial charge in [0.1, 0.15) is 0 Å². The lowest BCUT2D eigenvalue weighted by atomic mass is 9.97. The lowest BCUT2D eigenvalue weighted by Crippen LogP contribution is -2.04. The van der Waals surface area contributed by atoms with Crippen LogP contribution in [0.2, 0.25) is 0 Å². The fourth-order valence-electron chi connectivity index (χ4n) is 1.22. The molecule has 2 unspecified atom stereocenters. The molecule has 1 heteroatoms. The van der Waals surface area contributed by atoms with Crippen molar-refractivity contribution in [2.75, 3.05) is 0 Å². The number of hydrogen-bond acceptors (Lipinski definition) is 0. The minimum absolute atomic E-state index is 0.201. The average molecular weight is 183 g/mol. The molecular weight excluding hydrogens is 168 g/mol. The third kappa shape index (κ3) is 2.25. The van der Waals surface area contributed by atoms with Gasteiger partial charge in [0.2, 0.25) is 0 Å². The molecule has 0 fully saturated rings. The molecule has 2 atom stereocenters. The average Bonchev–Trinajstić information content (AvgIpc) is 2.03. The van der Waals surface area contributed by atoms with Crippen molar-refractivity contribution in [3.8, 4) is 0 Å². The van der Waals surface area contributed by atoms with Crippen molar-refractivity contribution in [1.29, 1.82) is 0 Å². The van der Waals surface area contributed by atoms with Crippen molar-refractivity contribution in [3.05, 3.63) is 35.4 Å². The maximum absolute atomic E-state index is 6.02. The first-order chi connectivity index (χ1) is 5.61. The van der Waals surface area contributed by atoms with Crippen LogP contribution >= 0.6 is 11.6 Å². The van der Waals surface area contributed by atoms with Crippen LogP contribution in [0.4, 0.5) is 0 Å². The maximum atomic E-state index is 6.02. The molecule has 0 saturated heterocycles. The molecule has 0 aliphatic rings. The van der Waals surface area contributed by atoms with Gasteiger partial charge in [-0.3, -0.25) is 0 Å². The van der Waals surface area contributed by atoms with Gasteiger partial charge in [0.05, 0.1) is 0 Å². The van der Waals surface area contributed by atoms with Crippen LogP contribution < -0.4 is 0 Å². The minimum Gasteiger partial charge on any atom is -0.123 e. The molecule has 0 aliphatic heterocycles. The van der Waals surface area contributed by atoms with E-state index in [9.17, 15) is 0 Å². The van der Waals surface area contributed by atoms with E-state index >= 15 is 0 Å². The molecular formula is C11H15Cl.